The van der Waals surface area contributed by atoms with Crippen LogP contribution in [0.25, 0.3) is 0 Å². The maximum absolute atomic E-state index is 5.06. The normalized spacial score (nSPS) is 8.08. The fourth-order valence-electron chi connectivity index (χ4n) is 0.387. The van der Waals surface area contributed by atoms with Gasteiger partial charge in [0, 0.05) is 14.2 Å². The Hall–Kier alpha value is 1.13. The molecule has 0 N–H and O–H groups in total. The number of ether oxygens (including phenoxy) is 3. The van der Waals surface area contributed by atoms with E-state index in [1.807, 2.05) is 26.8 Å². The Bertz CT molecular complexity index is 51.9. The maximum atomic E-state index is 5.06. The summed E-state index contributed by atoms with van der Waals surface area (Å²) in [5.41, 5.74) is 0. The van der Waals surface area contributed by atoms with Crippen LogP contribution < -0.4 is 17.0 Å². The van der Waals surface area contributed by atoms with Crippen molar-refractivity contribution in [2.24, 2.45) is 0 Å². The molecule has 0 aliphatic heterocycles. The summed E-state index contributed by atoms with van der Waals surface area (Å²) < 4.78 is 14.6. The van der Waals surface area contributed by atoms with Crippen LogP contribution in [0, 0.1) is 0 Å². The second-order valence-corrected chi connectivity index (χ2v) is 1.60. The zero-order valence-corrected chi connectivity index (χ0v) is 11.1. The van der Waals surface area contributed by atoms with E-state index in [0.717, 1.165) is 0 Å². The van der Waals surface area contributed by atoms with Crippen molar-refractivity contribution in [3.05, 3.63) is 0 Å². The number of hydrogen-bond donors (Lipinski definition) is 0. The summed E-state index contributed by atoms with van der Waals surface area (Å²) in [5, 5.41) is 2.03. The van der Waals surface area contributed by atoms with Crippen LogP contribution in [0.1, 0.15) is 0 Å². The van der Waals surface area contributed by atoms with Crippen molar-refractivity contribution in [3.63, 3.8) is 0 Å². The van der Waals surface area contributed by atoms with Gasteiger partial charge in [0.1, 0.15) is 0 Å². The van der Waals surface area contributed by atoms with E-state index in [1.165, 1.54) is 0 Å². The third kappa shape index (κ3) is 22.5. The molecule has 0 spiro atoms. The van der Waals surface area contributed by atoms with Gasteiger partial charge >= 0.3 is 26.8 Å². The minimum atomic E-state index is 0. The van der Waals surface area contributed by atoms with Crippen LogP contribution in [0.4, 0.5) is 0 Å². The Kier molecular flexibility index (Phi) is 35.7. The molecule has 12 heavy (non-hydrogen) atoms. The first-order chi connectivity index (χ1) is 5.41. The number of hydrogen-bond acceptors (Lipinski definition) is 3. The van der Waals surface area contributed by atoms with E-state index in [1.54, 1.807) is 14.2 Å². The van der Waals surface area contributed by atoms with E-state index >= 15 is 0 Å². The topological polar surface area (TPSA) is 27.7 Å². The van der Waals surface area contributed by atoms with Gasteiger partial charge < -0.3 is 31.2 Å². The summed E-state index contributed by atoms with van der Waals surface area (Å²) in [7, 11) is 3.30. The van der Waals surface area contributed by atoms with E-state index < -0.39 is 0 Å². The van der Waals surface area contributed by atoms with Crippen LogP contribution >= 0.6 is 0 Å². The Morgan fingerprint density at radius 2 is 1.17 bits per heavy atom. The van der Waals surface area contributed by atoms with E-state index in [2.05, 4.69) is 0 Å². The molecule has 0 aliphatic carbocycles. The van der Waals surface area contributed by atoms with Crippen LogP contribution in [0.3, 0.4) is 0 Å². The van der Waals surface area contributed by atoms with Crippen molar-refractivity contribution < 1.29 is 31.2 Å². The standard InChI is InChI=1S/C6H14O3.CH3.BrH.Mg/c1-7-3-5-9-6-4-8-2;;;/h3-6H2,1-2H3;1H3;1H;/q;;;+1/p-1. The molecule has 0 atom stereocenters. The SMILES string of the molecule is COCCOCCOC.[Br-].[CH3][Mg+]. The second kappa shape index (κ2) is 22.7. The van der Waals surface area contributed by atoms with Crippen molar-refractivity contribution >= 4 is 21.7 Å². The Balaban J connectivity index is -0.000000249. The molecule has 0 saturated heterocycles. The number of rotatable bonds is 6. The van der Waals surface area contributed by atoms with Gasteiger partial charge in [-0.25, -0.2) is 0 Å². The summed E-state index contributed by atoms with van der Waals surface area (Å²) in [6.07, 6.45) is 0. The summed E-state index contributed by atoms with van der Waals surface area (Å²) in [6, 6.07) is 0. The van der Waals surface area contributed by atoms with Crippen molar-refractivity contribution in [2.45, 2.75) is 5.05 Å². The molecule has 0 aromatic carbocycles. The van der Waals surface area contributed by atoms with Gasteiger partial charge in [-0.15, -0.1) is 0 Å². The summed E-state index contributed by atoms with van der Waals surface area (Å²) in [6.45, 7) is 2.62. The number of halogens is 1. The molecule has 0 rings (SSSR count). The first kappa shape index (κ1) is 18.8. The summed E-state index contributed by atoms with van der Waals surface area (Å²) in [4.78, 5) is 0. The van der Waals surface area contributed by atoms with Crippen LogP contribution in [0.15, 0.2) is 0 Å². The molecule has 0 heterocycles. The Morgan fingerprint density at radius 3 is 1.42 bits per heavy atom. The molecule has 0 unspecified atom stereocenters. The first-order valence-corrected chi connectivity index (χ1v) is 5.09. The van der Waals surface area contributed by atoms with Crippen molar-refractivity contribution in [1.82, 2.24) is 0 Å². The molecule has 0 bridgehead atoms. The molecule has 3 nitrogen and oxygen atoms in total. The predicted molar refractivity (Wildman–Crippen MR) is 46.2 cm³/mol. The first-order valence-electron chi connectivity index (χ1n) is 3.68. The van der Waals surface area contributed by atoms with Gasteiger partial charge in [0.25, 0.3) is 0 Å². The molecular formula is C7H17BrMgO3. The average Bonchev–Trinajstić information content (AvgIpc) is 2.08. The predicted octanol–water partition coefficient (Wildman–Crippen LogP) is -2.50. The Labute approximate surface area is 98.3 Å². The van der Waals surface area contributed by atoms with E-state index in [-0.39, 0.29) is 17.0 Å². The molecule has 0 fully saturated rings. The molecule has 0 radical (unpaired) electrons. The Morgan fingerprint density at radius 1 is 0.833 bits per heavy atom. The third-order valence-corrected chi connectivity index (χ3v) is 0.864. The average molecular weight is 253 g/mol. The van der Waals surface area contributed by atoms with Crippen molar-refractivity contribution in [3.8, 4) is 0 Å². The number of methoxy groups -OCH3 is 2. The van der Waals surface area contributed by atoms with E-state index in [0.29, 0.717) is 26.4 Å². The van der Waals surface area contributed by atoms with Gasteiger partial charge in [-0.05, 0) is 0 Å². The molecule has 0 aromatic heterocycles. The van der Waals surface area contributed by atoms with Crippen molar-refractivity contribution in [2.75, 3.05) is 40.6 Å². The zero-order chi connectivity index (χ0) is 8.95. The molecule has 0 saturated carbocycles. The van der Waals surface area contributed by atoms with Crippen LogP contribution in [-0.2, 0) is 14.2 Å². The fraction of sp³-hybridized carbons (Fsp3) is 1.00. The summed E-state index contributed by atoms with van der Waals surface area (Å²) >= 11 is 1.86. The minimum absolute atomic E-state index is 0. The monoisotopic (exact) mass is 252 g/mol. The van der Waals surface area contributed by atoms with E-state index in [4.69, 9.17) is 14.2 Å². The van der Waals surface area contributed by atoms with E-state index in [9.17, 15) is 0 Å². The molecular weight excluding hydrogens is 236 g/mol. The zero-order valence-electron chi connectivity index (χ0n) is 8.14. The molecule has 0 aliphatic rings. The molecule has 5 heteroatoms. The van der Waals surface area contributed by atoms with Crippen LogP contribution in [-0.4, -0.2) is 62.4 Å². The van der Waals surface area contributed by atoms with Crippen LogP contribution in [0.2, 0.25) is 5.05 Å². The third-order valence-electron chi connectivity index (χ3n) is 0.864. The summed E-state index contributed by atoms with van der Waals surface area (Å²) in [5.74, 6) is 0. The van der Waals surface area contributed by atoms with Crippen molar-refractivity contribution in [1.29, 1.82) is 0 Å². The molecule has 72 valence electrons. The van der Waals surface area contributed by atoms with Crippen LogP contribution in [0.5, 0.6) is 0 Å². The van der Waals surface area contributed by atoms with Gasteiger partial charge in [0.15, 0.2) is 0 Å². The quantitative estimate of drug-likeness (QED) is 0.387. The van der Waals surface area contributed by atoms with Gasteiger partial charge in [-0.3, -0.25) is 0 Å². The van der Waals surface area contributed by atoms with Gasteiger partial charge in [-0.2, -0.15) is 0 Å². The van der Waals surface area contributed by atoms with Gasteiger partial charge in [0.05, 0.1) is 26.4 Å². The van der Waals surface area contributed by atoms with Gasteiger partial charge in [0.2, 0.25) is 0 Å². The second-order valence-electron chi connectivity index (χ2n) is 1.60. The fourth-order valence-corrected chi connectivity index (χ4v) is 0.387. The van der Waals surface area contributed by atoms with Gasteiger partial charge in [-0.1, -0.05) is 0 Å². The molecule has 0 amide bonds. The molecule has 0 aromatic rings.